The maximum absolute atomic E-state index is 12.0. The molecule has 0 unspecified atom stereocenters. The van der Waals surface area contributed by atoms with Crippen molar-refractivity contribution in [1.29, 1.82) is 0 Å². The van der Waals surface area contributed by atoms with Gasteiger partial charge in [0.2, 0.25) is 5.91 Å². The highest BCUT2D eigenvalue weighted by Crippen LogP contribution is 2.05. The number of benzene rings is 1. The minimum Gasteiger partial charge on any atom is -0.339 e. The molecular weight excluding hydrogens is 266 g/mol. The van der Waals surface area contributed by atoms with Crippen LogP contribution in [-0.4, -0.2) is 54.5 Å². The van der Waals surface area contributed by atoms with Gasteiger partial charge in [-0.15, -0.1) is 0 Å². The molecule has 1 saturated heterocycles. The number of carbonyl (C=O) groups excluding carboxylic acids is 2. The van der Waals surface area contributed by atoms with Gasteiger partial charge >= 0.3 is 6.03 Å². The number of hydrogen-bond donors (Lipinski definition) is 1. The maximum atomic E-state index is 12.0. The Bertz CT molecular complexity index is 508. The highest BCUT2D eigenvalue weighted by Gasteiger charge is 2.21. The third-order valence-corrected chi connectivity index (χ3v) is 3.78. The zero-order valence-corrected chi connectivity index (χ0v) is 12.8. The van der Waals surface area contributed by atoms with Gasteiger partial charge in [-0.1, -0.05) is 29.8 Å². The molecule has 1 aliphatic heterocycles. The van der Waals surface area contributed by atoms with Crippen LogP contribution in [0.25, 0.3) is 0 Å². The molecule has 0 saturated carbocycles. The Kier molecular flexibility index (Phi) is 5.20. The number of hydrogen-bond acceptors (Lipinski definition) is 2. The molecule has 0 atom stereocenters. The van der Waals surface area contributed by atoms with Crippen molar-refractivity contribution in [2.45, 2.75) is 20.3 Å². The molecule has 1 fully saturated rings. The Labute approximate surface area is 125 Å². The lowest BCUT2D eigenvalue weighted by atomic mass is 10.1. The summed E-state index contributed by atoms with van der Waals surface area (Å²) in [6.45, 7) is 6.73. The first kappa shape index (κ1) is 15.4. The second kappa shape index (κ2) is 7.11. The van der Waals surface area contributed by atoms with Gasteiger partial charge in [-0.05, 0) is 18.9 Å². The van der Waals surface area contributed by atoms with Crippen LogP contribution in [0.4, 0.5) is 4.79 Å². The maximum Gasteiger partial charge on any atom is 0.317 e. The summed E-state index contributed by atoms with van der Waals surface area (Å²) in [4.78, 5) is 26.8. The predicted molar refractivity (Wildman–Crippen MR) is 82.1 cm³/mol. The fraction of sp³-hybridized carbons (Fsp3) is 0.500. The van der Waals surface area contributed by atoms with Crippen molar-refractivity contribution in [3.05, 3.63) is 35.4 Å². The summed E-state index contributed by atoms with van der Waals surface area (Å²) in [5.74, 6) is 0.0782. The molecule has 0 aromatic heterocycles. The lowest BCUT2D eigenvalue weighted by molar-refractivity contribution is -0.130. The van der Waals surface area contributed by atoms with Crippen molar-refractivity contribution in [2.24, 2.45) is 0 Å². The zero-order valence-electron chi connectivity index (χ0n) is 12.8. The number of urea groups is 1. The molecule has 5 nitrogen and oxygen atoms in total. The van der Waals surface area contributed by atoms with Gasteiger partial charge in [0.05, 0.1) is 0 Å². The topological polar surface area (TPSA) is 52.7 Å². The largest absolute Gasteiger partial charge is 0.339 e. The Morgan fingerprint density at radius 2 is 1.81 bits per heavy atom. The molecule has 1 heterocycles. The number of nitrogens with zero attached hydrogens (tertiary/aromatic N) is 2. The van der Waals surface area contributed by atoms with E-state index in [-0.39, 0.29) is 11.9 Å². The van der Waals surface area contributed by atoms with Gasteiger partial charge in [-0.2, -0.15) is 0 Å². The normalized spacial score (nSPS) is 15.0. The van der Waals surface area contributed by atoms with E-state index in [1.165, 1.54) is 11.1 Å². The molecule has 5 heteroatoms. The second-order valence-electron chi connectivity index (χ2n) is 5.46. The van der Waals surface area contributed by atoms with Gasteiger partial charge in [0, 0.05) is 39.6 Å². The Morgan fingerprint density at radius 1 is 1.14 bits per heavy atom. The van der Waals surface area contributed by atoms with Gasteiger partial charge in [-0.25, -0.2) is 4.79 Å². The van der Waals surface area contributed by atoms with Crippen molar-refractivity contribution in [1.82, 2.24) is 15.1 Å². The van der Waals surface area contributed by atoms with Crippen molar-refractivity contribution in [3.63, 3.8) is 0 Å². The average molecular weight is 289 g/mol. The Balaban J connectivity index is 1.72. The number of piperazine rings is 1. The summed E-state index contributed by atoms with van der Waals surface area (Å²) in [6.07, 6.45) is 0.834. The molecule has 3 amide bonds. The zero-order chi connectivity index (χ0) is 15.2. The van der Waals surface area contributed by atoms with Gasteiger partial charge in [-0.3, -0.25) is 4.79 Å². The molecule has 21 heavy (non-hydrogen) atoms. The number of aryl methyl sites for hydroxylation is 1. The first-order valence-corrected chi connectivity index (χ1v) is 7.40. The summed E-state index contributed by atoms with van der Waals surface area (Å²) in [5, 5.41) is 2.95. The van der Waals surface area contributed by atoms with Crippen LogP contribution in [0.1, 0.15) is 18.1 Å². The van der Waals surface area contributed by atoms with E-state index in [1.54, 1.807) is 16.7 Å². The van der Waals surface area contributed by atoms with Crippen LogP contribution in [0.2, 0.25) is 0 Å². The van der Waals surface area contributed by atoms with E-state index >= 15 is 0 Å². The van der Waals surface area contributed by atoms with E-state index in [1.807, 2.05) is 6.07 Å². The molecule has 114 valence electrons. The van der Waals surface area contributed by atoms with Crippen LogP contribution in [-0.2, 0) is 11.2 Å². The number of nitrogens with one attached hydrogen (secondary N) is 1. The Hall–Kier alpha value is -2.04. The van der Waals surface area contributed by atoms with Gasteiger partial charge < -0.3 is 15.1 Å². The van der Waals surface area contributed by atoms with Gasteiger partial charge in [0.1, 0.15) is 0 Å². The van der Waals surface area contributed by atoms with Gasteiger partial charge in [0.15, 0.2) is 0 Å². The fourth-order valence-corrected chi connectivity index (χ4v) is 2.52. The summed E-state index contributed by atoms with van der Waals surface area (Å²) in [6, 6.07) is 8.28. The predicted octanol–water partition coefficient (Wildman–Crippen LogP) is 1.41. The SMILES string of the molecule is CC(=O)N1CCN(C(=O)NCCc2cccc(C)c2)CC1. The van der Waals surface area contributed by atoms with Crippen LogP contribution in [0.3, 0.4) is 0 Å². The summed E-state index contributed by atoms with van der Waals surface area (Å²) in [7, 11) is 0. The van der Waals surface area contributed by atoms with Gasteiger partial charge in [0.25, 0.3) is 0 Å². The van der Waals surface area contributed by atoms with Crippen molar-refractivity contribution < 1.29 is 9.59 Å². The first-order chi connectivity index (χ1) is 10.1. The quantitative estimate of drug-likeness (QED) is 0.915. The van der Waals surface area contributed by atoms with E-state index in [2.05, 4.69) is 30.4 Å². The summed E-state index contributed by atoms with van der Waals surface area (Å²) < 4.78 is 0. The van der Waals surface area contributed by atoms with E-state index < -0.39 is 0 Å². The van der Waals surface area contributed by atoms with Crippen LogP contribution in [0.15, 0.2) is 24.3 Å². The molecule has 1 aromatic rings. The van der Waals surface area contributed by atoms with E-state index in [4.69, 9.17) is 0 Å². The molecule has 0 bridgehead atoms. The molecule has 0 spiro atoms. The van der Waals surface area contributed by atoms with Crippen LogP contribution in [0.5, 0.6) is 0 Å². The smallest absolute Gasteiger partial charge is 0.317 e. The van der Waals surface area contributed by atoms with Crippen molar-refractivity contribution in [2.75, 3.05) is 32.7 Å². The third kappa shape index (κ3) is 4.48. The number of carbonyl (C=O) groups is 2. The minimum absolute atomic E-state index is 0.0362. The Morgan fingerprint density at radius 3 is 2.43 bits per heavy atom. The second-order valence-corrected chi connectivity index (χ2v) is 5.46. The van der Waals surface area contributed by atoms with E-state index in [9.17, 15) is 9.59 Å². The highest BCUT2D eigenvalue weighted by molar-refractivity contribution is 5.76. The first-order valence-electron chi connectivity index (χ1n) is 7.40. The molecule has 1 N–H and O–H groups in total. The summed E-state index contributed by atoms with van der Waals surface area (Å²) >= 11 is 0. The van der Waals surface area contributed by atoms with E-state index in [0.29, 0.717) is 32.7 Å². The summed E-state index contributed by atoms with van der Waals surface area (Å²) in [5.41, 5.74) is 2.47. The number of amides is 3. The average Bonchev–Trinajstić information content (AvgIpc) is 2.47. The minimum atomic E-state index is -0.0362. The van der Waals surface area contributed by atoms with Crippen molar-refractivity contribution in [3.8, 4) is 0 Å². The standard InChI is InChI=1S/C16H23N3O2/c1-13-4-3-5-15(12-13)6-7-17-16(21)19-10-8-18(9-11-19)14(2)20/h3-5,12H,6-11H2,1-2H3,(H,17,21). The molecule has 2 rings (SSSR count). The molecular formula is C16H23N3O2. The van der Waals surface area contributed by atoms with Crippen LogP contribution in [0, 0.1) is 6.92 Å². The van der Waals surface area contributed by atoms with Crippen LogP contribution >= 0.6 is 0 Å². The number of rotatable bonds is 3. The molecule has 1 aliphatic rings. The highest BCUT2D eigenvalue weighted by atomic mass is 16.2. The fourth-order valence-electron chi connectivity index (χ4n) is 2.52. The monoisotopic (exact) mass is 289 g/mol. The molecule has 0 radical (unpaired) electrons. The third-order valence-electron chi connectivity index (χ3n) is 3.78. The molecule has 1 aromatic carbocycles. The van der Waals surface area contributed by atoms with E-state index in [0.717, 1.165) is 6.42 Å². The van der Waals surface area contributed by atoms with Crippen molar-refractivity contribution >= 4 is 11.9 Å². The lowest BCUT2D eigenvalue weighted by Crippen LogP contribution is -2.52. The molecule has 0 aliphatic carbocycles. The lowest BCUT2D eigenvalue weighted by Gasteiger charge is -2.34. The van der Waals surface area contributed by atoms with Crippen LogP contribution < -0.4 is 5.32 Å².